The van der Waals surface area contributed by atoms with Gasteiger partial charge in [-0.2, -0.15) is 0 Å². The van der Waals surface area contributed by atoms with E-state index in [1.54, 1.807) is 4.90 Å². The van der Waals surface area contributed by atoms with E-state index in [1.165, 1.54) is 0 Å². The Morgan fingerprint density at radius 1 is 1.33 bits per heavy atom. The molecule has 1 amide bonds. The van der Waals surface area contributed by atoms with E-state index in [2.05, 4.69) is 4.90 Å². The van der Waals surface area contributed by atoms with Crippen LogP contribution in [0.3, 0.4) is 0 Å². The fourth-order valence-electron chi connectivity index (χ4n) is 2.77. The molecule has 2 rings (SSSR count). The molecule has 0 radical (unpaired) electrons. The third-order valence-corrected chi connectivity index (χ3v) is 3.61. The van der Waals surface area contributed by atoms with E-state index >= 15 is 0 Å². The van der Waals surface area contributed by atoms with Gasteiger partial charge in [-0.25, -0.2) is 4.79 Å². The summed E-state index contributed by atoms with van der Waals surface area (Å²) in [6, 6.07) is 0.392. The zero-order valence-corrected chi connectivity index (χ0v) is 11.6. The standard InChI is InChI=1S/C13H24N2O3/c1-13(2,3)18-12(17)15-5-4-14-7-10(9-16)6-11(14)8-15/h10-11,16H,4-9H2,1-3H3/t10-,11+/m0/s1. The Kier molecular flexibility index (Phi) is 3.82. The summed E-state index contributed by atoms with van der Waals surface area (Å²) in [6.45, 7) is 9.22. The minimum Gasteiger partial charge on any atom is -0.444 e. The maximum Gasteiger partial charge on any atom is 0.410 e. The first kappa shape index (κ1) is 13.6. The molecule has 2 saturated heterocycles. The third-order valence-electron chi connectivity index (χ3n) is 3.61. The number of carbonyl (C=O) groups excluding carboxylic acids is 1. The van der Waals surface area contributed by atoms with Crippen molar-refractivity contribution in [3.8, 4) is 0 Å². The van der Waals surface area contributed by atoms with E-state index in [0.29, 0.717) is 12.0 Å². The van der Waals surface area contributed by atoms with Crippen LogP contribution in [0.25, 0.3) is 0 Å². The lowest BCUT2D eigenvalue weighted by molar-refractivity contribution is 0.00921. The Labute approximate surface area is 109 Å². The van der Waals surface area contributed by atoms with Crippen molar-refractivity contribution in [1.82, 2.24) is 9.80 Å². The second-order valence-electron chi connectivity index (χ2n) is 6.36. The van der Waals surface area contributed by atoms with Crippen LogP contribution < -0.4 is 0 Å². The quantitative estimate of drug-likeness (QED) is 0.758. The normalized spacial score (nSPS) is 29.2. The van der Waals surface area contributed by atoms with Crippen LogP contribution >= 0.6 is 0 Å². The zero-order chi connectivity index (χ0) is 13.3. The van der Waals surface area contributed by atoms with Crippen LogP contribution in [0.4, 0.5) is 4.79 Å². The van der Waals surface area contributed by atoms with Crippen molar-refractivity contribution in [3.63, 3.8) is 0 Å². The van der Waals surface area contributed by atoms with Gasteiger partial charge in [0, 0.05) is 38.8 Å². The van der Waals surface area contributed by atoms with Gasteiger partial charge < -0.3 is 14.7 Å². The summed E-state index contributed by atoms with van der Waals surface area (Å²) in [4.78, 5) is 16.2. The zero-order valence-electron chi connectivity index (χ0n) is 11.6. The molecule has 0 aliphatic carbocycles. The smallest absolute Gasteiger partial charge is 0.410 e. The lowest BCUT2D eigenvalue weighted by atomic mass is 10.1. The van der Waals surface area contributed by atoms with Crippen molar-refractivity contribution in [3.05, 3.63) is 0 Å². The number of hydrogen-bond donors (Lipinski definition) is 1. The summed E-state index contributed by atoms with van der Waals surface area (Å²) < 4.78 is 5.40. The highest BCUT2D eigenvalue weighted by Gasteiger charge is 2.38. The minimum atomic E-state index is -0.433. The van der Waals surface area contributed by atoms with Gasteiger partial charge in [0.05, 0.1) is 0 Å². The van der Waals surface area contributed by atoms with Crippen LogP contribution in [0, 0.1) is 5.92 Å². The second kappa shape index (κ2) is 5.05. The van der Waals surface area contributed by atoms with Gasteiger partial charge >= 0.3 is 6.09 Å². The Balaban J connectivity index is 1.89. The molecule has 2 heterocycles. The predicted octanol–water partition coefficient (Wildman–Crippen LogP) is 0.920. The first-order valence-corrected chi connectivity index (χ1v) is 6.72. The average molecular weight is 256 g/mol. The summed E-state index contributed by atoms with van der Waals surface area (Å²) >= 11 is 0. The SMILES string of the molecule is CC(C)(C)OC(=O)N1CCN2C[C@@H](CO)C[C@@H]2C1. The van der Waals surface area contributed by atoms with E-state index in [9.17, 15) is 9.90 Å². The Morgan fingerprint density at radius 2 is 2.06 bits per heavy atom. The summed E-state index contributed by atoms with van der Waals surface area (Å²) in [6.07, 6.45) is 0.769. The molecule has 104 valence electrons. The molecule has 0 bridgehead atoms. The van der Waals surface area contributed by atoms with Gasteiger partial charge in [0.1, 0.15) is 5.60 Å². The highest BCUT2D eigenvalue weighted by atomic mass is 16.6. The van der Waals surface area contributed by atoms with Gasteiger partial charge in [0.15, 0.2) is 0 Å². The maximum atomic E-state index is 12.0. The Morgan fingerprint density at radius 3 is 2.67 bits per heavy atom. The molecule has 2 aliphatic rings. The van der Waals surface area contributed by atoms with Crippen LogP contribution in [0.2, 0.25) is 0 Å². The molecule has 1 N–H and O–H groups in total. The number of piperazine rings is 1. The van der Waals surface area contributed by atoms with E-state index in [4.69, 9.17) is 4.74 Å². The molecule has 5 heteroatoms. The lowest BCUT2D eigenvalue weighted by Crippen LogP contribution is -2.53. The number of nitrogens with zero attached hydrogens (tertiary/aromatic N) is 2. The van der Waals surface area contributed by atoms with Gasteiger partial charge in [0.2, 0.25) is 0 Å². The molecule has 0 aromatic rings. The molecule has 18 heavy (non-hydrogen) atoms. The Bertz CT molecular complexity index is 314. The summed E-state index contributed by atoms with van der Waals surface area (Å²) in [5, 5.41) is 9.21. The average Bonchev–Trinajstić information content (AvgIpc) is 2.68. The number of aliphatic hydroxyl groups is 1. The van der Waals surface area contributed by atoms with Crippen molar-refractivity contribution in [2.24, 2.45) is 5.92 Å². The van der Waals surface area contributed by atoms with E-state index in [-0.39, 0.29) is 12.7 Å². The number of aliphatic hydroxyl groups excluding tert-OH is 1. The van der Waals surface area contributed by atoms with Crippen LogP contribution in [-0.2, 0) is 4.74 Å². The molecule has 2 fully saturated rings. The minimum absolute atomic E-state index is 0.213. The van der Waals surface area contributed by atoms with Gasteiger partial charge in [0.25, 0.3) is 0 Å². The van der Waals surface area contributed by atoms with E-state index in [0.717, 1.165) is 32.6 Å². The molecule has 0 spiro atoms. The molecule has 0 unspecified atom stereocenters. The van der Waals surface area contributed by atoms with E-state index in [1.807, 2.05) is 20.8 Å². The van der Waals surface area contributed by atoms with Crippen molar-refractivity contribution in [2.45, 2.75) is 38.8 Å². The van der Waals surface area contributed by atoms with Crippen molar-refractivity contribution >= 4 is 6.09 Å². The monoisotopic (exact) mass is 256 g/mol. The van der Waals surface area contributed by atoms with E-state index < -0.39 is 5.60 Å². The molecular formula is C13H24N2O3. The maximum absolute atomic E-state index is 12.0. The lowest BCUT2D eigenvalue weighted by Gasteiger charge is -2.37. The molecule has 0 aromatic carbocycles. The number of carbonyl (C=O) groups is 1. The highest BCUT2D eigenvalue weighted by Crippen LogP contribution is 2.26. The largest absolute Gasteiger partial charge is 0.444 e. The van der Waals surface area contributed by atoms with Gasteiger partial charge in [-0.15, -0.1) is 0 Å². The summed E-state index contributed by atoms with van der Waals surface area (Å²) in [5.74, 6) is 0.369. The number of amides is 1. The van der Waals surface area contributed by atoms with Crippen molar-refractivity contribution in [1.29, 1.82) is 0 Å². The highest BCUT2D eigenvalue weighted by molar-refractivity contribution is 5.68. The predicted molar refractivity (Wildman–Crippen MR) is 68.4 cm³/mol. The molecule has 5 nitrogen and oxygen atoms in total. The van der Waals surface area contributed by atoms with Gasteiger partial charge in [-0.05, 0) is 33.1 Å². The number of fused-ring (bicyclic) bond motifs is 1. The molecule has 0 aromatic heterocycles. The van der Waals surface area contributed by atoms with Crippen LogP contribution in [-0.4, -0.2) is 65.4 Å². The first-order chi connectivity index (χ1) is 8.39. The molecular weight excluding hydrogens is 232 g/mol. The fourth-order valence-corrected chi connectivity index (χ4v) is 2.77. The topological polar surface area (TPSA) is 53.0 Å². The van der Waals surface area contributed by atoms with Crippen LogP contribution in [0.15, 0.2) is 0 Å². The number of rotatable bonds is 1. The van der Waals surface area contributed by atoms with Crippen LogP contribution in [0.5, 0.6) is 0 Å². The third kappa shape index (κ3) is 3.14. The Hall–Kier alpha value is -0.810. The molecule has 2 aliphatic heterocycles. The van der Waals surface area contributed by atoms with Crippen LogP contribution in [0.1, 0.15) is 27.2 Å². The van der Waals surface area contributed by atoms with Crippen molar-refractivity contribution < 1.29 is 14.6 Å². The second-order valence-corrected chi connectivity index (χ2v) is 6.36. The molecule has 2 atom stereocenters. The number of ether oxygens (including phenoxy) is 1. The first-order valence-electron chi connectivity index (χ1n) is 6.72. The molecule has 0 saturated carbocycles. The summed E-state index contributed by atoms with van der Waals surface area (Å²) in [5.41, 5.74) is -0.433. The fraction of sp³-hybridized carbons (Fsp3) is 0.923. The van der Waals surface area contributed by atoms with Gasteiger partial charge in [-0.3, -0.25) is 4.90 Å². The summed E-state index contributed by atoms with van der Waals surface area (Å²) in [7, 11) is 0. The van der Waals surface area contributed by atoms with Gasteiger partial charge in [-0.1, -0.05) is 0 Å². The number of hydrogen-bond acceptors (Lipinski definition) is 4. The van der Waals surface area contributed by atoms with Crippen molar-refractivity contribution in [2.75, 3.05) is 32.8 Å².